The lowest BCUT2D eigenvalue weighted by Crippen LogP contribution is -2.47. The molecular weight excluding hydrogens is 514 g/mol. The molecule has 28 heavy (non-hydrogen) atoms. The Bertz CT molecular complexity index is 648. The second-order valence-electron chi connectivity index (χ2n) is 6.30. The largest absolute Gasteiger partial charge is 0.511 e. The zero-order valence-corrected chi connectivity index (χ0v) is 19.0. The van der Waals surface area contributed by atoms with Crippen LogP contribution in [-0.2, 0) is 14.8 Å². The highest BCUT2D eigenvalue weighted by molar-refractivity contribution is 14.0. The molecule has 1 aliphatic rings. The van der Waals surface area contributed by atoms with Crippen LogP contribution in [0.15, 0.2) is 17.6 Å². The molecule has 0 radical (unpaired) electrons. The van der Waals surface area contributed by atoms with Crippen LogP contribution in [0.1, 0.15) is 12.8 Å². The van der Waals surface area contributed by atoms with Crippen molar-refractivity contribution in [3.8, 4) is 0 Å². The summed E-state index contributed by atoms with van der Waals surface area (Å²) in [6.45, 7) is 3.99. The van der Waals surface area contributed by atoms with Crippen molar-refractivity contribution in [1.29, 1.82) is 0 Å². The molecule has 1 saturated heterocycles. The van der Waals surface area contributed by atoms with Crippen molar-refractivity contribution in [2.24, 2.45) is 10.9 Å². The number of nitrogens with one attached hydrogen (secondary N) is 2. The lowest BCUT2D eigenvalue weighted by Gasteiger charge is -2.31. The van der Waals surface area contributed by atoms with Gasteiger partial charge in [0.1, 0.15) is 6.54 Å². The van der Waals surface area contributed by atoms with Crippen molar-refractivity contribution in [2.45, 2.75) is 18.3 Å². The number of sulfonamides is 1. The van der Waals surface area contributed by atoms with Crippen LogP contribution in [0.2, 0.25) is 0 Å². The van der Waals surface area contributed by atoms with E-state index in [9.17, 15) is 26.4 Å². The molecule has 8 nitrogen and oxygen atoms in total. The Hall–Kier alpha value is -1.09. The van der Waals surface area contributed by atoms with Gasteiger partial charge >= 0.3 is 15.5 Å². The van der Waals surface area contributed by atoms with Gasteiger partial charge in [-0.2, -0.15) is 17.5 Å². The van der Waals surface area contributed by atoms with Crippen LogP contribution >= 0.6 is 24.0 Å². The van der Waals surface area contributed by atoms with E-state index in [4.69, 9.17) is 0 Å². The van der Waals surface area contributed by atoms with E-state index < -0.39 is 15.5 Å². The van der Waals surface area contributed by atoms with E-state index in [0.717, 1.165) is 0 Å². The monoisotopic (exact) mass is 541 g/mol. The summed E-state index contributed by atoms with van der Waals surface area (Å²) < 4.78 is 61.1. The van der Waals surface area contributed by atoms with E-state index in [1.165, 1.54) is 4.90 Å². The van der Waals surface area contributed by atoms with Crippen molar-refractivity contribution < 1.29 is 26.4 Å². The fourth-order valence-electron chi connectivity index (χ4n) is 2.37. The average Bonchev–Trinajstić information content (AvgIpc) is 2.60. The van der Waals surface area contributed by atoms with E-state index in [2.05, 4.69) is 22.2 Å². The van der Waals surface area contributed by atoms with Gasteiger partial charge in [0, 0.05) is 40.3 Å². The number of amides is 1. The standard InChI is InChI=1S/C15H26F3N5O3S.HI/c1-4-7-19-14(21-11-13(24)22(2)3)20-10-12-5-8-23(9-6-12)27(25,26)15(16,17)18;/h4,12H,1,5-11H2,2-3H3,(H2,19,20,21);1H. The first-order valence-corrected chi connectivity index (χ1v) is 9.82. The third-order valence-electron chi connectivity index (χ3n) is 4.05. The van der Waals surface area contributed by atoms with Gasteiger partial charge in [0.15, 0.2) is 5.96 Å². The summed E-state index contributed by atoms with van der Waals surface area (Å²) in [7, 11) is -2.04. The summed E-state index contributed by atoms with van der Waals surface area (Å²) in [6, 6.07) is 0. The maximum absolute atomic E-state index is 12.6. The molecule has 1 amide bonds. The molecule has 1 fully saturated rings. The Morgan fingerprint density at radius 2 is 1.86 bits per heavy atom. The maximum Gasteiger partial charge on any atom is 0.511 e. The normalized spacial score (nSPS) is 16.8. The van der Waals surface area contributed by atoms with Crippen molar-refractivity contribution in [2.75, 3.05) is 46.8 Å². The summed E-state index contributed by atoms with van der Waals surface area (Å²) >= 11 is 0. The number of likely N-dealkylation sites (N-methyl/N-ethyl adjacent to an activating group) is 1. The van der Waals surface area contributed by atoms with Crippen LogP contribution < -0.4 is 10.6 Å². The van der Waals surface area contributed by atoms with Crippen LogP contribution in [-0.4, -0.2) is 81.8 Å². The third kappa shape index (κ3) is 8.11. The Balaban J connectivity index is 0.00000729. The van der Waals surface area contributed by atoms with Crippen LogP contribution in [0.25, 0.3) is 0 Å². The highest BCUT2D eigenvalue weighted by Gasteiger charge is 2.50. The highest BCUT2D eigenvalue weighted by Crippen LogP contribution is 2.30. The average molecular weight is 541 g/mol. The van der Waals surface area contributed by atoms with E-state index >= 15 is 0 Å². The molecular formula is C15H27F3IN5O3S. The van der Waals surface area contributed by atoms with Gasteiger partial charge in [-0.25, -0.2) is 13.4 Å². The topological polar surface area (TPSA) is 94.1 Å². The first-order valence-electron chi connectivity index (χ1n) is 8.38. The van der Waals surface area contributed by atoms with Crippen molar-refractivity contribution in [3.63, 3.8) is 0 Å². The van der Waals surface area contributed by atoms with Crippen LogP contribution in [0.5, 0.6) is 0 Å². The molecule has 0 saturated carbocycles. The molecule has 164 valence electrons. The Morgan fingerprint density at radius 3 is 2.32 bits per heavy atom. The molecule has 0 unspecified atom stereocenters. The number of nitrogens with zero attached hydrogens (tertiary/aromatic N) is 3. The van der Waals surface area contributed by atoms with Crippen LogP contribution in [0.4, 0.5) is 13.2 Å². The van der Waals surface area contributed by atoms with E-state index in [1.807, 2.05) is 0 Å². The van der Waals surface area contributed by atoms with Gasteiger partial charge in [-0.15, -0.1) is 30.6 Å². The van der Waals surface area contributed by atoms with Crippen LogP contribution in [0.3, 0.4) is 0 Å². The summed E-state index contributed by atoms with van der Waals surface area (Å²) in [6.07, 6.45) is 2.22. The van der Waals surface area contributed by atoms with E-state index in [1.54, 1.807) is 20.2 Å². The number of piperidine rings is 1. The summed E-state index contributed by atoms with van der Waals surface area (Å²) in [5.41, 5.74) is -5.27. The molecule has 0 aliphatic carbocycles. The Morgan fingerprint density at radius 1 is 1.29 bits per heavy atom. The molecule has 0 spiro atoms. The molecule has 0 atom stereocenters. The predicted octanol–water partition coefficient (Wildman–Crippen LogP) is 0.975. The minimum atomic E-state index is -5.27. The minimum Gasteiger partial charge on any atom is -0.356 e. The fourth-order valence-corrected chi connectivity index (χ4v) is 3.36. The van der Waals surface area contributed by atoms with Gasteiger partial charge in [0.2, 0.25) is 5.91 Å². The van der Waals surface area contributed by atoms with Gasteiger partial charge in [0.05, 0.1) is 0 Å². The molecule has 0 aromatic rings. The van der Waals surface area contributed by atoms with Gasteiger partial charge in [-0.1, -0.05) is 6.08 Å². The zero-order chi connectivity index (χ0) is 20.7. The number of carbonyl (C=O) groups is 1. The first-order chi connectivity index (χ1) is 12.5. The SMILES string of the molecule is C=CCNC(=NCC(=O)N(C)C)NCC1CCN(S(=O)(=O)C(F)(F)F)CC1.I. The van der Waals surface area contributed by atoms with E-state index in [-0.39, 0.29) is 55.4 Å². The summed E-state index contributed by atoms with van der Waals surface area (Å²) in [4.78, 5) is 17.2. The number of hydrogen-bond acceptors (Lipinski definition) is 4. The molecule has 1 heterocycles. The number of carbonyl (C=O) groups excluding carboxylic acids is 1. The summed E-state index contributed by atoms with van der Waals surface area (Å²) in [5.74, 6) is 0.195. The second-order valence-corrected chi connectivity index (χ2v) is 8.23. The molecule has 0 aromatic heterocycles. The van der Waals surface area contributed by atoms with Crippen molar-refractivity contribution >= 4 is 45.9 Å². The number of alkyl halides is 3. The lowest BCUT2D eigenvalue weighted by molar-refractivity contribution is -0.127. The van der Waals surface area contributed by atoms with Crippen LogP contribution in [0, 0.1) is 5.92 Å². The number of rotatable bonds is 7. The smallest absolute Gasteiger partial charge is 0.356 e. The number of hydrogen-bond donors (Lipinski definition) is 2. The Kier molecular flexibility index (Phi) is 11.3. The van der Waals surface area contributed by atoms with Gasteiger partial charge in [0.25, 0.3) is 0 Å². The first kappa shape index (κ1) is 26.9. The van der Waals surface area contributed by atoms with Crippen molar-refractivity contribution in [3.05, 3.63) is 12.7 Å². The van der Waals surface area contributed by atoms with Gasteiger partial charge < -0.3 is 15.5 Å². The van der Waals surface area contributed by atoms with Crippen molar-refractivity contribution in [1.82, 2.24) is 19.8 Å². The lowest BCUT2D eigenvalue weighted by atomic mass is 9.98. The molecule has 13 heteroatoms. The van der Waals surface area contributed by atoms with E-state index in [0.29, 0.717) is 36.2 Å². The quantitative estimate of drug-likeness (QED) is 0.217. The molecule has 0 bridgehead atoms. The fraction of sp³-hybridized carbons (Fsp3) is 0.733. The molecule has 1 aliphatic heterocycles. The number of aliphatic imine (C=N–C) groups is 1. The zero-order valence-electron chi connectivity index (χ0n) is 15.8. The second kappa shape index (κ2) is 11.8. The maximum atomic E-state index is 12.6. The summed E-state index contributed by atoms with van der Waals surface area (Å²) in [5, 5.41) is 5.98. The van der Waals surface area contributed by atoms with Gasteiger partial charge in [-0.3, -0.25) is 4.79 Å². The number of halogens is 4. The number of guanidine groups is 1. The minimum absolute atomic E-state index is 0. The molecule has 0 aromatic carbocycles. The Labute approximate surface area is 180 Å². The highest BCUT2D eigenvalue weighted by atomic mass is 127. The molecule has 2 N–H and O–H groups in total. The third-order valence-corrected chi connectivity index (χ3v) is 5.68. The molecule has 1 rings (SSSR count). The predicted molar refractivity (Wildman–Crippen MR) is 112 cm³/mol. The van der Waals surface area contributed by atoms with Gasteiger partial charge in [-0.05, 0) is 18.8 Å².